The van der Waals surface area contributed by atoms with Crippen molar-refractivity contribution in [3.05, 3.63) is 12.0 Å². The lowest BCUT2D eigenvalue weighted by atomic mass is 9.95. The van der Waals surface area contributed by atoms with Crippen LogP contribution in [0.4, 0.5) is 16.2 Å². The number of hydrogen-bond donors (Lipinski definition) is 3. The van der Waals surface area contributed by atoms with Crippen molar-refractivity contribution in [1.29, 1.82) is 0 Å². The number of nitrogen functional groups attached to an aromatic ring is 1. The van der Waals surface area contributed by atoms with E-state index < -0.39 is 5.82 Å². The van der Waals surface area contributed by atoms with Crippen LogP contribution in [0.2, 0.25) is 0 Å². The minimum Gasteiger partial charge on any atom is -0.396 e. The molecule has 0 aromatic carbocycles. The molecule has 7 heteroatoms. The Balaban J connectivity index is 2.14. The van der Waals surface area contributed by atoms with Crippen molar-refractivity contribution in [3.8, 4) is 0 Å². The van der Waals surface area contributed by atoms with Gasteiger partial charge in [0.2, 0.25) is 5.95 Å². The smallest absolute Gasteiger partial charge is 0.239 e. The first-order valence-electron chi connectivity index (χ1n) is 6.09. The lowest BCUT2D eigenvalue weighted by Gasteiger charge is -2.33. The lowest BCUT2D eigenvalue weighted by molar-refractivity contribution is 0.244. The summed E-state index contributed by atoms with van der Waals surface area (Å²) < 4.78 is 13.7. The van der Waals surface area contributed by atoms with E-state index in [1.807, 2.05) is 4.90 Å². The standard InChI is InChI=1S/C11H18FN5O/c12-9-6-14-11(16-13)15-10(9)17-4-1-2-8(7-17)3-5-18/h6,8,18H,1-5,7,13H2,(H,14,15,16). The van der Waals surface area contributed by atoms with E-state index in [1.54, 1.807) is 0 Å². The third-order valence-electron chi connectivity index (χ3n) is 3.21. The summed E-state index contributed by atoms with van der Waals surface area (Å²) in [4.78, 5) is 9.66. The quantitative estimate of drug-likeness (QED) is 0.536. The number of aliphatic hydroxyl groups is 1. The van der Waals surface area contributed by atoms with Gasteiger partial charge in [0.05, 0.1) is 6.20 Å². The highest BCUT2D eigenvalue weighted by Gasteiger charge is 2.23. The Hall–Kier alpha value is -1.47. The molecule has 1 aliphatic heterocycles. The van der Waals surface area contributed by atoms with Crippen LogP contribution >= 0.6 is 0 Å². The fourth-order valence-electron chi connectivity index (χ4n) is 2.33. The minimum atomic E-state index is -0.446. The molecule has 1 aromatic heterocycles. The van der Waals surface area contributed by atoms with Crippen LogP contribution in [0.1, 0.15) is 19.3 Å². The molecule has 0 spiro atoms. The Kier molecular flexibility index (Phi) is 4.27. The molecule has 18 heavy (non-hydrogen) atoms. The molecule has 0 radical (unpaired) electrons. The zero-order chi connectivity index (χ0) is 13.0. The summed E-state index contributed by atoms with van der Waals surface area (Å²) in [5, 5.41) is 8.97. The molecule has 0 bridgehead atoms. The second kappa shape index (κ2) is 5.92. The second-order valence-corrected chi connectivity index (χ2v) is 4.48. The van der Waals surface area contributed by atoms with Gasteiger partial charge in [0.1, 0.15) is 0 Å². The minimum absolute atomic E-state index is 0.167. The van der Waals surface area contributed by atoms with Crippen LogP contribution in [0.5, 0.6) is 0 Å². The Morgan fingerprint density at radius 3 is 3.17 bits per heavy atom. The fourth-order valence-corrected chi connectivity index (χ4v) is 2.33. The number of hydrazine groups is 1. The average Bonchev–Trinajstić information content (AvgIpc) is 2.40. The first-order chi connectivity index (χ1) is 8.74. The number of nitrogens with one attached hydrogen (secondary N) is 1. The molecule has 4 N–H and O–H groups in total. The molecule has 6 nitrogen and oxygen atoms in total. The molecule has 1 unspecified atom stereocenters. The molecule has 100 valence electrons. The van der Waals surface area contributed by atoms with E-state index >= 15 is 0 Å². The lowest BCUT2D eigenvalue weighted by Crippen LogP contribution is -2.37. The fraction of sp³-hybridized carbons (Fsp3) is 0.636. The van der Waals surface area contributed by atoms with Gasteiger partial charge in [-0.1, -0.05) is 0 Å². The number of aromatic nitrogens is 2. The normalized spacial score (nSPS) is 19.9. The zero-order valence-corrected chi connectivity index (χ0v) is 10.1. The van der Waals surface area contributed by atoms with Crippen molar-refractivity contribution in [2.24, 2.45) is 11.8 Å². The van der Waals surface area contributed by atoms with E-state index in [4.69, 9.17) is 10.9 Å². The maximum absolute atomic E-state index is 13.7. The van der Waals surface area contributed by atoms with Gasteiger partial charge in [0, 0.05) is 19.7 Å². The molecule has 0 aliphatic carbocycles. The second-order valence-electron chi connectivity index (χ2n) is 4.48. The van der Waals surface area contributed by atoms with E-state index in [0.29, 0.717) is 12.5 Å². The van der Waals surface area contributed by atoms with Gasteiger partial charge in [0.25, 0.3) is 0 Å². The number of halogens is 1. The number of nitrogens with two attached hydrogens (primary N) is 1. The summed E-state index contributed by atoms with van der Waals surface area (Å²) in [6.07, 6.45) is 3.89. The highest BCUT2D eigenvalue weighted by molar-refractivity contribution is 5.43. The van der Waals surface area contributed by atoms with Crippen LogP contribution in [0, 0.1) is 11.7 Å². The number of nitrogens with zero attached hydrogens (tertiary/aromatic N) is 3. The van der Waals surface area contributed by atoms with Crippen molar-refractivity contribution >= 4 is 11.8 Å². The number of hydrogen-bond acceptors (Lipinski definition) is 6. The summed E-state index contributed by atoms with van der Waals surface area (Å²) >= 11 is 0. The molecule has 1 atom stereocenters. The van der Waals surface area contributed by atoms with Crippen LogP contribution in [0.3, 0.4) is 0 Å². The molecule has 2 rings (SSSR count). The predicted molar refractivity (Wildman–Crippen MR) is 66.4 cm³/mol. The van der Waals surface area contributed by atoms with Gasteiger partial charge in [0.15, 0.2) is 11.6 Å². The van der Waals surface area contributed by atoms with Crippen molar-refractivity contribution in [1.82, 2.24) is 9.97 Å². The molecular weight excluding hydrogens is 237 g/mol. The van der Waals surface area contributed by atoms with Crippen LogP contribution in [-0.4, -0.2) is 34.8 Å². The monoisotopic (exact) mass is 255 g/mol. The van der Waals surface area contributed by atoms with Crippen LogP contribution in [0.15, 0.2) is 6.20 Å². The van der Waals surface area contributed by atoms with Gasteiger partial charge in [-0.05, 0) is 25.2 Å². The van der Waals surface area contributed by atoms with Gasteiger partial charge < -0.3 is 10.0 Å². The maximum Gasteiger partial charge on any atom is 0.239 e. The molecule has 1 saturated heterocycles. The van der Waals surface area contributed by atoms with Crippen molar-refractivity contribution in [2.75, 3.05) is 30.0 Å². The Labute approximate surface area is 105 Å². The van der Waals surface area contributed by atoms with Crippen LogP contribution in [0.25, 0.3) is 0 Å². The molecule has 1 aliphatic rings. The average molecular weight is 255 g/mol. The van der Waals surface area contributed by atoms with Crippen molar-refractivity contribution < 1.29 is 9.50 Å². The van der Waals surface area contributed by atoms with Crippen LogP contribution < -0.4 is 16.2 Å². The largest absolute Gasteiger partial charge is 0.396 e. The number of anilines is 2. The van der Waals surface area contributed by atoms with E-state index in [-0.39, 0.29) is 18.4 Å². The van der Waals surface area contributed by atoms with E-state index in [2.05, 4.69) is 15.4 Å². The first-order valence-corrected chi connectivity index (χ1v) is 6.09. The summed E-state index contributed by atoms with van der Waals surface area (Å²) in [6.45, 7) is 1.64. The van der Waals surface area contributed by atoms with Gasteiger partial charge >= 0.3 is 0 Å². The van der Waals surface area contributed by atoms with Gasteiger partial charge in [-0.25, -0.2) is 15.2 Å². The van der Waals surface area contributed by atoms with Gasteiger partial charge in [-0.2, -0.15) is 4.98 Å². The number of rotatable bonds is 4. The number of aliphatic hydroxyl groups excluding tert-OH is 1. The summed E-state index contributed by atoms with van der Waals surface area (Å²) in [5.41, 5.74) is 2.31. The van der Waals surface area contributed by atoms with Crippen molar-refractivity contribution in [2.45, 2.75) is 19.3 Å². The third-order valence-corrected chi connectivity index (χ3v) is 3.21. The predicted octanol–water partition coefficient (Wildman–Crippen LogP) is 0.500. The molecule has 2 heterocycles. The molecular formula is C11H18FN5O. The Bertz CT molecular complexity index is 401. The van der Waals surface area contributed by atoms with Crippen molar-refractivity contribution in [3.63, 3.8) is 0 Å². The highest BCUT2D eigenvalue weighted by atomic mass is 19.1. The SMILES string of the molecule is NNc1ncc(F)c(N2CCCC(CCO)C2)n1. The Morgan fingerprint density at radius 1 is 1.61 bits per heavy atom. The maximum atomic E-state index is 13.7. The van der Waals surface area contributed by atoms with Crippen LogP contribution in [-0.2, 0) is 0 Å². The number of piperidine rings is 1. The molecule has 1 aromatic rings. The summed E-state index contributed by atoms with van der Waals surface area (Å²) in [5.74, 6) is 5.64. The van der Waals surface area contributed by atoms with E-state index in [9.17, 15) is 4.39 Å². The summed E-state index contributed by atoms with van der Waals surface area (Å²) in [7, 11) is 0. The molecule has 0 saturated carbocycles. The summed E-state index contributed by atoms with van der Waals surface area (Å²) in [6, 6.07) is 0. The first kappa shape index (κ1) is 13.0. The Morgan fingerprint density at radius 2 is 2.44 bits per heavy atom. The van der Waals surface area contributed by atoms with E-state index in [0.717, 1.165) is 32.0 Å². The highest BCUT2D eigenvalue weighted by Crippen LogP contribution is 2.25. The zero-order valence-electron chi connectivity index (χ0n) is 10.1. The molecule has 0 amide bonds. The molecule has 1 fully saturated rings. The third kappa shape index (κ3) is 2.85. The van der Waals surface area contributed by atoms with Gasteiger partial charge in [-0.3, -0.25) is 5.43 Å². The van der Waals surface area contributed by atoms with Gasteiger partial charge in [-0.15, -0.1) is 0 Å². The topological polar surface area (TPSA) is 87.3 Å². The van der Waals surface area contributed by atoms with E-state index in [1.165, 1.54) is 0 Å².